The third-order valence-corrected chi connectivity index (χ3v) is 2.03. The van der Waals surface area contributed by atoms with Crippen LogP contribution in [0.1, 0.15) is 41.5 Å². The number of aliphatic hydroxyl groups excluding tert-OH is 3. The maximum absolute atomic E-state index is 10.1. The van der Waals surface area contributed by atoms with Crippen molar-refractivity contribution in [1.82, 2.24) is 0 Å². The molecule has 0 amide bonds. The molecule has 7 nitrogen and oxygen atoms in total. The largest absolute Gasteiger partial charge is 0.497 e. The summed E-state index contributed by atoms with van der Waals surface area (Å²) in [5.41, 5.74) is 0. The molecule has 0 aliphatic heterocycles. The van der Waals surface area contributed by atoms with Gasteiger partial charge in [0.1, 0.15) is 11.5 Å². The second-order valence-corrected chi connectivity index (χ2v) is 6.72. The van der Waals surface area contributed by atoms with Gasteiger partial charge in [0.2, 0.25) is 0 Å². The minimum absolute atomic E-state index is 0. The zero-order chi connectivity index (χ0) is 24.7. The molecule has 0 aliphatic rings. The first-order chi connectivity index (χ1) is 14.4. The summed E-state index contributed by atoms with van der Waals surface area (Å²) in [4.78, 5) is 10.1. The Morgan fingerprint density at radius 3 is 1.38 bits per heavy atom. The molecule has 182 valence electrons. The smallest absolute Gasteiger partial charge is 0.341 e. The van der Waals surface area contributed by atoms with E-state index in [2.05, 4.69) is 6.07 Å². The number of hydrogen-bond donors (Lipinski definition) is 4. The number of aliphatic carboxylic acids is 1. The average Bonchev–Trinajstić information content (AvgIpc) is 2.67. The molecule has 32 heavy (non-hydrogen) atoms. The van der Waals surface area contributed by atoms with E-state index in [9.17, 15) is 4.79 Å². The van der Waals surface area contributed by atoms with Gasteiger partial charge in [-0.2, -0.15) is 36.4 Å². The van der Waals surface area contributed by atoms with E-state index in [0.29, 0.717) is 11.5 Å². The van der Waals surface area contributed by atoms with Gasteiger partial charge >= 0.3 is 5.97 Å². The normalized spacial score (nSPS) is 8.66. The standard InChI is InChI=1S/C9H10O4.C6H5.3C3H8O.Ti/c1-12-7-2-4-8(5-3-7)13-6-9(10)11;1-2-4-6-5-3-1;3*1-3(2)4;/h2-5H,6H2,1H3,(H,10,11);1-5H;3*3-4H,1-2H3;/q;-1;;;;. The summed E-state index contributed by atoms with van der Waals surface area (Å²) in [5.74, 6) is 0.238. The van der Waals surface area contributed by atoms with Crippen LogP contribution in [0.3, 0.4) is 0 Å². The van der Waals surface area contributed by atoms with Gasteiger partial charge in [0, 0.05) is 40.0 Å². The quantitative estimate of drug-likeness (QED) is 0.383. The van der Waals surface area contributed by atoms with Gasteiger partial charge in [-0.1, -0.05) is 0 Å². The summed E-state index contributed by atoms with van der Waals surface area (Å²) >= 11 is 0. The molecule has 4 N–H and O–H groups in total. The maximum Gasteiger partial charge on any atom is 0.341 e. The number of benzene rings is 2. The molecule has 0 heterocycles. The Labute approximate surface area is 207 Å². The van der Waals surface area contributed by atoms with Crippen molar-refractivity contribution in [3.05, 3.63) is 60.7 Å². The molecule has 2 aromatic rings. The predicted molar refractivity (Wildman–Crippen MR) is 123 cm³/mol. The van der Waals surface area contributed by atoms with Crippen molar-refractivity contribution in [2.24, 2.45) is 0 Å². The number of carboxylic acids is 1. The van der Waals surface area contributed by atoms with Crippen LogP contribution in [-0.2, 0) is 26.5 Å². The van der Waals surface area contributed by atoms with Crippen molar-refractivity contribution in [2.75, 3.05) is 13.7 Å². The second-order valence-electron chi connectivity index (χ2n) is 6.72. The SMILES string of the molecule is CC(C)O.CC(C)O.CC(C)O.COc1ccc(OCC(=O)O)cc1.[Ti].[c-]1ccccc1. The minimum atomic E-state index is -0.990. The molecule has 0 aromatic heterocycles. The zero-order valence-corrected chi connectivity index (χ0v) is 21.7. The molecule has 0 atom stereocenters. The first kappa shape index (κ1) is 37.4. The van der Waals surface area contributed by atoms with Crippen LogP contribution in [0.5, 0.6) is 11.5 Å². The molecule has 0 bridgehead atoms. The van der Waals surface area contributed by atoms with Gasteiger partial charge in [0.05, 0.1) is 7.11 Å². The van der Waals surface area contributed by atoms with Crippen molar-refractivity contribution >= 4 is 5.97 Å². The Kier molecular flexibility index (Phi) is 31.7. The average molecular weight is 487 g/mol. The van der Waals surface area contributed by atoms with Crippen molar-refractivity contribution < 1.29 is 56.4 Å². The number of carbonyl (C=O) groups is 1. The van der Waals surface area contributed by atoms with Crippen molar-refractivity contribution in [3.8, 4) is 11.5 Å². The molecule has 2 aromatic carbocycles. The van der Waals surface area contributed by atoms with Crippen LogP contribution in [0, 0.1) is 6.07 Å². The minimum Gasteiger partial charge on any atom is -0.497 e. The van der Waals surface area contributed by atoms with E-state index in [1.54, 1.807) is 72.9 Å². The molecule has 0 fully saturated rings. The van der Waals surface area contributed by atoms with E-state index < -0.39 is 5.97 Å². The molecule has 0 aliphatic carbocycles. The first-order valence-electron chi connectivity index (χ1n) is 9.86. The van der Waals surface area contributed by atoms with Crippen molar-refractivity contribution in [3.63, 3.8) is 0 Å². The molecule has 0 radical (unpaired) electrons. The Balaban J connectivity index is -0.000000173. The molecule has 8 heteroatoms. The van der Waals surface area contributed by atoms with Gasteiger partial charge in [-0.15, -0.1) is 0 Å². The fraction of sp³-hybridized carbons (Fsp3) is 0.458. The summed E-state index contributed by atoms with van der Waals surface area (Å²) in [5, 5.41) is 32.5. The van der Waals surface area contributed by atoms with Crippen LogP contribution in [0.25, 0.3) is 0 Å². The van der Waals surface area contributed by atoms with Crippen LogP contribution in [0.15, 0.2) is 54.6 Å². The molecular formula is C24H39O7Ti-. The fourth-order valence-electron chi connectivity index (χ4n) is 1.16. The number of hydrogen-bond acceptors (Lipinski definition) is 6. The number of rotatable bonds is 4. The van der Waals surface area contributed by atoms with Gasteiger partial charge in [-0.05, 0) is 65.8 Å². The fourth-order valence-corrected chi connectivity index (χ4v) is 1.16. The van der Waals surface area contributed by atoms with E-state index in [1.165, 1.54) is 0 Å². The van der Waals surface area contributed by atoms with Gasteiger partial charge in [-0.3, -0.25) is 0 Å². The van der Waals surface area contributed by atoms with E-state index in [4.69, 9.17) is 29.9 Å². The van der Waals surface area contributed by atoms with E-state index >= 15 is 0 Å². The van der Waals surface area contributed by atoms with Crippen LogP contribution in [0.2, 0.25) is 0 Å². The van der Waals surface area contributed by atoms with Crippen molar-refractivity contribution in [1.29, 1.82) is 0 Å². The second kappa shape index (κ2) is 27.1. The van der Waals surface area contributed by atoms with E-state index in [-0.39, 0.29) is 46.6 Å². The summed E-state index contributed by atoms with van der Waals surface area (Å²) < 4.78 is 9.83. The van der Waals surface area contributed by atoms with E-state index in [1.807, 2.05) is 30.3 Å². The number of aliphatic hydroxyl groups is 3. The third-order valence-electron chi connectivity index (χ3n) is 2.03. The number of methoxy groups -OCH3 is 1. The Bertz CT molecular complexity index is 554. The summed E-state index contributed by atoms with van der Waals surface area (Å²) in [6.45, 7) is 10.0. The Morgan fingerprint density at radius 1 is 0.812 bits per heavy atom. The van der Waals surface area contributed by atoms with Crippen LogP contribution in [-0.4, -0.2) is 58.4 Å². The summed E-state index contributed by atoms with van der Waals surface area (Å²) in [6.07, 6.45) is -0.500. The summed E-state index contributed by atoms with van der Waals surface area (Å²) in [7, 11) is 1.56. The van der Waals surface area contributed by atoms with Crippen molar-refractivity contribution in [2.45, 2.75) is 59.9 Å². The van der Waals surface area contributed by atoms with Gasteiger partial charge in [0.25, 0.3) is 0 Å². The zero-order valence-electron chi connectivity index (χ0n) is 20.1. The summed E-state index contributed by atoms with van der Waals surface area (Å²) in [6, 6.07) is 19.2. The maximum atomic E-state index is 10.1. The Hall–Kier alpha value is -1.90. The molecular weight excluding hydrogens is 448 g/mol. The van der Waals surface area contributed by atoms with Gasteiger partial charge < -0.3 is 29.9 Å². The van der Waals surface area contributed by atoms with Crippen LogP contribution in [0.4, 0.5) is 0 Å². The van der Waals surface area contributed by atoms with Crippen LogP contribution >= 0.6 is 0 Å². The van der Waals surface area contributed by atoms with Gasteiger partial charge in [-0.25, -0.2) is 4.79 Å². The molecule has 2 rings (SSSR count). The Morgan fingerprint density at radius 2 is 1.16 bits per heavy atom. The topological polar surface area (TPSA) is 116 Å². The molecule has 0 saturated carbocycles. The van der Waals surface area contributed by atoms with E-state index in [0.717, 1.165) is 0 Å². The third kappa shape index (κ3) is 46.4. The number of ether oxygens (including phenoxy) is 2. The molecule has 0 spiro atoms. The first-order valence-corrected chi connectivity index (χ1v) is 9.86. The monoisotopic (exact) mass is 487 g/mol. The van der Waals surface area contributed by atoms with Gasteiger partial charge in [0.15, 0.2) is 6.61 Å². The molecule has 0 unspecified atom stereocenters. The number of carboxylic acid groups (broad SMARTS) is 1. The van der Waals surface area contributed by atoms with Crippen LogP contribution < -0.4 is 9.47 Å². The molecule has 0 saturated heterocycles. The predicted octanol–water partition coefficient (Wildman–Crippen LogP) is 3.80.